The van der Waals surface area contributed by atoms with Gasteiger partial charge in [0.25, 0.3) is 0 Å². The van der Waals surface area contributed by atoms with Crippen molar-refractivity contribution in [3.05, 3.63) is 34.1 Å². The van der Waals surface area contributed by atoms with Gasteiger partial charge in [0, 0.05) is 0 Å². The second-order valence-corrected chi connectivity index (χ2v) is 3.41. The lowest BCUT2D eigenvalue weighted by molar-refractivity contribution is -0.386. The molecule has 0 aromatic heterocycles. The van der Waals surface area contributed by atoms with Gasteiger partial charge in [0.15, 0.2) is 17.7 Å². The van der Waals surface area contributed by atoms with Crippen molar-refractivity contribution < 1.29 is 19.3 Å². The first-order valence-electron chi connectivity index (χ1n) is 5.07. The van der Waals surface area contributed by atoms with E-state index >= 15 is 0 Å². The molecule has 1 rings (SSSR count). The largest absolute Gasteiger partial charge is 0.475 e. The van der Waals surface area contributed by atoms with Gasteiger partial charge in [-0.05, 0) is 18.6 Å². The van der Waals surface area contributed by atoms with Crippen LogP contribution in [0.15, 0.2) is 23.4 Å². The average molecular weight is 257 g/mol. The Morgan fingerprint density at radius 2 is 2.39 bits per heavy atom. The molecule has 0 heterocycles. The standard InChI is InChI=1S/C10H12FN3O4/c1-2-8(10(12)13-15)18-9-4-3-6(11)5-7(9)14(16)17/h3-5,8,15H,2H2,1H3,(H2,12,13). The summed E-state index contributed by atoms with van der Waals surface area (Å²) in [7, 11) is 0. The second-order valence-electron chi connectivity index (χ2n) is 3.41. The van der Waals surface area contributed by atoms with E-state index in [-0.39, 0.29) is 11.6 Å². The zero-order valence-corrected chi connectivity index (χ0v) is 9.54. The van der Waals surface area contributed by atoms with Gasteiger partial charge in [0.05, 0.1) is 11.0 Å². The van der Waals surface area contributed by atoms with Crippen molar-refractivity contribution in [3.63, 3.8) is 0 Å². The Morgan fingerprint density at radius 1 is 1.72 bits per heavy atom. The molecule has 0 saturated carbocycles. The fraction of sp³-hybridized carbons (Fsp3) is 0.300. The van der Waals surface area contributed by atoms with Gasteiger partial charge in [0.1, 0.15) is 5.82 Å². The third-order valence-electron chi connectivity index (χ3n) is 2.20. The Kier molecular flexibility index (Phi) is 4.41. The number of benzene rings is 1. The van der Waals surface area contributed by atoms with E-state index < -0.39 is 22.5 Å². The zero-order valence-electron chi connectivity index (χ0n) is 9.54. The fourth-order valence-electron chi connectivity index (χ4n) is 1.30. The molecule has 3 N–H and O–H groups in total. The number of ether oxygens (including phenoxy) is 1. The molecule has 0 aliphatic heterocycles. The molecule has 98 valence electrons. The lowest BCUT2D eigenvalue weighted by Crippen LogP contribution is -2.33. The lowest BCUT2D eigenvalue weighted by Gasteiger charge is -2.15. The first kappa shape index (κ1) is 13.7. The summed E-state index contributed by atoms with van der Waals surface area (Å²) in [5.41, 5.74) is 4.85. The number of nitrogens with two attached hydrogens (primary N) is 1. The smallest absolute Gasteiger partial charge is 0.313 e. The Balaban J connectivity index is 3.06. The minimum Gasteiger partial charge on any atom is -0.475 e. The van der Waals surface area contributed by atoms with Gasteiger partial charge in [0.2, 0.25) is 0 Å². The minimum atomic E-state index is -0.820. The molecule has 1 aromatic rings. The zero-order chi connectivity index (χ0) is 13.7. The highest BCUT2D eigenvalue weighted by Crippen LogP contribution is 2.28. The van der Waals surface area contributed by atoms with Crippen molar-refractivity contribution in [2.75, 3.05) is 0 Å². The maximum Gasteiger partial charge on any atom is 0.313 e. The molecule has 8 heteroatoms. The quantitative estimate of drug-likeness (QED) is 0.274. The second kappa shape index (κ2) is 5.80. The van der Waals surface area contributed by atoms with Crippen molar-refractivity contribution in [1.82, 2.24) is 0 Å². The number of oxime groups is 1. The first-order valence-corrected chi connectivity index (χ1v) is 5.07. The first-order chi connectivity index (χ1) is 8.49. The van der Waals surface area contributed by atoms with Crippen LogP contribution in [0.1, 0.15) is 13.3 Å². The summed E-state index contributed by atoms with van der Waals surface area (Å²) in [6.45, 7) is 1.69. The minimum absolute atomic E-state index is 0.139. The Bertz CT molecular complexity index is 478. The maximum absolute atomic E-state index is 12.9. The number of amidine groups is 1. The summed E-state index contributed by atoms with van der Waals surface area (Å²) < 4.78 is 18.1. The SMILES string of the molecule is CCC(Oc1ccc(F)cc1[N+](=O)[O-])C(N)=NO. The van der Waals surface area contributed by atoms with Crippen molar-refractivity contribution in [2.45, 2.75) is 19.4 Å². The number of rotatable bonds is 5. The van der Waals surface area contributed by atoms with Crippen LogP contribution >= 0.6 is 0 Å². The van der Waals surface area contributed by atoms with Gasteiger partial charge >= 0.3 is 5.69 Å². The highest BCUT2D eigenvalue weighted by molar-refractivity contribution is 5.84. The molecule has 18 heavy (non-hydrogen) atoms. The highest BCUT2D eigenvalue weighted by atomic mass is 19.1. The van der Waals surface area contributed by atoms with Gasteiger partial charge in [-0.25, -0.2) is 4.39 Å². The predicted octanol–water partition coefficient (Wildman–Crippen LogP) is 1.64. The van der Waals surface area contributed by atoms with Crippen LogP contribution in [0.5, 0.6) is 5.75 Å². The number of halogens is 1. The van der Waals surface area contributed by atoms with Crippen LogP contribution < -0.4 is 10.5 Å². The van der Waals surface area contributed by atoms with E-state index in [9.17, 15) is 14.5 Å². The van der Waals surface area contributed by atoms with Crippen molar-refractivity contribution in [3.8, 4) is 5.75 Å². The molecule has 0 saturated heterocycles. The van der Waals surface area contributed by atoms with E-state index in [0.29, 0.717) is 6.42 Å². The van der Waals surface area contributed by atoms with Crippen LogP contribution in [0.4, 0.5) is 10.1 Å². The van der Waals surface area contributed by atoms with E-state index in [2.05, 4.69) is 5.16 Å². The normalized spacial score (nSPS) is 13.1. The summed E-state index contributed by atoms with van der Waals surface area (Å²) in [6.07, 6.45) is -0.482. The maximum atomic E-state index is 12.9. The van der Waals surface area contributed by atoms with Crippen LogP contribution in [-0.2, 0) is 0 Å². The summed E-state index contributed by atoms with van der Waals surface area (Å²) >= 11 is 0. The highest BCUT2D eigenvalue weighted by Gasteiger charge is 2.21. The molecule has 7 nitrogen and oxygen atoms in total. The third kappa shape index (κ3) is 3.06. The Morgan fingerprint density at radius 3 is 2.89 bits per heavy atom. The van der Waals surface area contributed by atoms with Crippen LogP contribution in [0.3, 0.4) is 0 Å². The number of nitro benzene ring substituents is 1. The van der Waals surface area contributed by atoms with Crippen LogP contribution in [0.2, 0.25) is 0 Å². The van der Waals surface area contributed by atoms with Gasteiger partial charge in [-0.2, -0.15) is 0 Å². The summed E-state index contributed by atoms with van der Waals surface area (Å²) in [5, 5.41) is 22.0. The number of nitro groups is 1. The van der Waals surface area contributed by atoms with E-state index in [1.165, 1.54) is 0 Å². The molecule has 1 atom stereocenters. The van der Waals surface area contributed by atoms with Gasteiger partial charge in [-0.15, -0.1) is 0 Å². The molecule has 0 aliphatic rings. The summed E-state index contributed by atoms with van der Waals surface area (Å²) in [5.74, 6) is -1.10. The number of nitrogens with zero attached hydrogens (tertiary/aromatic N) is 2. The van der Waals surface area contributed by atoms with Gasteiger partial charge in [-0.1, -0.05) is 12.1 Å². The monoisotopic (exact) mass is 257 g/mol. The number of hydrogen-bond acceptors (Lipinski definition) is 5. The summed E-state index contributed by atoms with van der Waals surface area (Å²) in [4.78, 5) is 9.96. The van der Waals surface area contributed by atoms with E-state index in [1.807, 2.05) is 0 Å². The number of hydrogen-bond donors (Lipinski definition) is 2. The molecule has 0 amide bonds. The predicted molar refractivity (Wildman–Crippen MR) is 61.2 cm³/mol. The van der Waals surface area contributed by atoms with Crippen LogP contribution in [-0.4, -0.2) is 22.1 Å². The van der Waals surface area contributed by atoms with Gasteiger partial charge in [-0.3, -0.25) is 10.1 Å². The van der Waals surface area contributed by atoms with Crippen molar-refractivity contribution in [2.24, 2.45) is 10.9 Å². The van der Waals surface area contributed by atoms with E-state index in [1.54, 1.807) is 6.92 Å². The Labute approximate surface area is 102 Å². The van der Waals surface area contributed by atoms with Crippen molar-refractivity contribution >= 4 is 11.5 Å². The molecule has 1 aromatic carbocycles. The third-order valence-corrected chi connectivity index (χ3v) is 2.20. The van der Waals surface area contributed by atoms with Crippen LogP contribution in [0, 0.1) is 15.9 Å². The van der Waals surface area contributed by atoms with Crippen molar-refractivity contribution in [1.29, 1.82) is 0 Å². The molecule has 0 bridgehead atoms. The lowest BCUT2D eigenvalue weighted by atomic mass is 10.2. The molecular weight excluding hydrogens is 245 g/mol. The van der Waals surface area contributed by atoms with Crippen LogP contribution in [0.25, 0.3) is 0 Å². The molecule has 0 radical (unpaired) electrons. The molecular formula is C10H12FN3O4. The Hall–Kier alpha value is -2.38. The topological polar surface area (TPSA) is 111 Å². The molecule has 0 aliphatic carbocycles. The fourth-order valence-corrected chi connectivity index (χ4v) is 1.30. The van der Waals surface area contributed by atoms with E-state index in [4.69, 9.17) is 15.7 Å². The molecule has 0 spiro atoms. The summed E-state index contributed by atoms with van der Waals surface area (Å²) in [6, 6.07) is 2.90. The average Bonchev–Trinajstić information content (AvgIpc) is 2.36. The molecule has 0 fully saturated rings. The van der Waals surface area contributed by atoms with Gasteiger partial charge < -0.3 is 15.7 Å². The molecule has 1 unspecified atom stereocenters. The van der Waals surface area contributed by atoms with E-state index in [0.717, 1.165) is 18.2 Å².